The number of nitrogens with zero attached hydrogens (tertiary/aromatic N) is 1. The smallest absolute Gasteiger partial charge is 0.244 e. The zero-order valence-corrected chi connectivity index (χ0v) is 12.2. The first-order valence-electron chi connectivity index (χ1n) is 6.30. The second kappa shape index (κ2) is 6.34. The molecule has 108 valence electrons. The molecule has 1 aliphatic heterocycles. The molecule has 1 aliphatic rings. The van der Waals surface area contributed by atoms with Gasteiger partial charge in [-0.2, -0.15) is 0 Å². The van der Waals surface area contributed by atoms with E-state index in [2.05, 4.69) is 18.5 Å². The topological polar surface area (TPSA) is 66.5 Å². The van der Waals surface area contributed by atoms with Gasteiger partial charge in [-0.25, -0.2) is 8.42 Å². The van der Waals surface area contributed by atoms with E-state index in [1.54, 1.807) is 12.2 Å². The molecule has 1 amide bonds. The van der Waals surface area contributed by atoms with Crippen LogP contribution in [-0.4, -0.2) is 56.4 Å². The summed E-state index contributed by atoms with van der Waals surface area (Å²) < 4.78 is 23.0. The maximum atomic E-state index is 12.7. The van der Waals surface area contributed by atoms with Gasteiger partial charge in [-0.05, 0) is 25.9 Å². The molecule has 5 nitrogen and oxygen atoms in total. The van der Waals surface area contributed by atoms with Gasteiger partial charge in [0.15, 0.2) is 14.6 Å². The largest absolute Gasteiger partial charge is 0.334 e. The lowest BCUT2D eigenvalue weighted by Crippen LogP contribution is -2.58. The number of hydrogen-bond donors (Lipinski definition) is 1. The molecule has 1 saturated heterocycles. The third kappa shape index (κ3) is 3.25. The maximum absolute atomic E-state index is 12.7. The van der Waals surface area contributed by atoms with Crippen molar-refractivity contribution in [3.8, 4) is 0 Å². The van der Waals surface area contributed by atoms with Crippen LogP contribution < -0.4 is 5.32 Å². The van der Waals surface area contributed by atoms with Crippen molar-refractivity contribution in [3.05, 3.63) is 25.3 Å². The van der Waals surface area contributed by atoms with Gasteiger partial charge in [-0.3, -0.25) is 4.79 Å². The summed E-state index contributed by atoms with van der Waals surface area (Å²) in [6.07, 6.45) is 4.97. The molecule has 0 atom stereocenters. The molecule has 1 heterocycles. The summed E-state index contributed by atoms with van der Waals surface area (Å²) in [7, 11) is -3.47. The van der Waals surface area contributed by atoms with Crippen LogP contribution in [-0.2, 0) is 14.6 Å². The molecular formula is C13H22N2O3S. The molecule has 6 heteroatoms. The van der Waals surface area contributed by atoms with Crippen LogP contribution in [0.15, 0.2) is 25.3 Å². The summed E-state index contributed by atoms with van der Waals surface area (Å²) in [6.45, 7) is 8.94. The van der Waals surface area contributed by atoms with Crippen LogP contribution in [0.1, 0.15) is 12.8 Å². The maximum Gasteiger partial charge on any atom is 0.244 e. The molecule has 1 fully saturated rings. The van der Waals surface area contributed by atoms with Gasteiger partial charge in [0.1, 0.15) is 0 Å². The van der Waals surface area contributed by atoms with Gasteiger partial charge < -0.3 is 10.2 Å². The first-order valence-corrected chi connectivity index (χ1v) is 8.19. The second-order valence-corrected chi connectivity index (χ2v) is 7.13. The van der Waals surface area contributed by atoms with E-state index < -0.39 is 14.6 Å². The van der Waals surface area contributed by atoms with Crippen molar-refractivity contribution in [1.29, 1.82) is 0 Å². The quantitative estimate of drug-likeness (QED) is 0.716. The average molecular weight is 286 g/mol. The highest BCUT2D eigenvalue weighted by atomic mass is 32.2. The van der Waals surface area contributed by atoms with Crippen LogP contribution >= 0.6 is 0 Å². The first kappa shape index (κ1) is 15.9. The molecule has 1 rings (SSSR count). The molecule has 0 aromatic carbocycles. The van der Waals surface area contributed by atoms with Crippen molar-refractivity contribution < 1.29 is 13.2 Å². The molecule has 0 spiro atoms. The van der Waals surface area contributed by atoms with Crippen molar-refractivity contribution in [1.82, 2.24) is 10.2 Å². The minimum absolute atomic E-state index is 0.315. The van der Waals surface area contributed by atoms with Crippen LogP contribution in [0.25, 0.3) is 0 Å². The molecule has 19 heavy (non-hydrogen) atoms. The standard InChI is InChI=1S/C13H22N2O3S/c1-4-10-15(11-5-2)12(16)13(19(3,17)18)6-8-14-9-7-13/h4-5,14H,1-2,6-11H2,3H3. The van der Waals surface area contributed by atoms with Crippen LogP contribution in [0.2, 0.25) is 0 Å². The van der Waals surface area contributed by atoms with Gasteiger partial charge in [-0.15, -0.1) is 13.2 Å². The average Bonchev–Trinajstić information content (AvgIpc) is 2.37. The minimum atomic E-state index is -3.47. The summed E-state index contributed by atoms with van der Waals surface area (Å²) in [5, 5.41) is 3.09. The van der Waals surface area contributed by atoms with Gasteiger partial charge >= 0.3 is 0 Å². The Hall–Kier alpha value is -1.14. The molecule has 0 aromatic heterocycles. The van der Waals surface area contributed by atoms with E-state index in [4.69, 9.17) is 0 Å². The van der Waals surface area contributed by atoms with Gasteiger partial charge in [0.05, 0.1) is 0 Å². The van der Waals surface area contributed by atoms with E-state index in [-0.39, 0.29) is 5.91 Å². The third-order valence-electron chi connectivity index (χ3n) is 3.50. The number of carbonyl (C=O) groups excluding carboxylic acids is 1. The van der Waals surface area contributed by atoms with Crippen molar-refractivity contribution >= 4 is 15.7 Å². The van der Waals surface area contributed by atoms with Crippen LogP contribution in [0.5, 0.6) is 0 Å². The highest BCUT2D eigenvalue weighted by Gasteiger charge is 2.50. The Morgan fingerprint density at radius 1 is 1.26 bits per heavy atom. The minimum Gasteiger partial charge on any atom is -0.334 e. The van der Waals surface area contributed by atoms with Crippen LogP contribution in [0.3, 0.4) is 0 Å². The Balaban J connectivity index is 3.13. The Kier molecular flexibility index (Phi) is 5.31. The number of nitrogens with one attached hydrogen (secondary N) is 1. The highest BCUT2D eigenvalue weighted by Crippen LogP contribution is 2.30. The fourth-order valence-corrected chi connectivity index (χ4v) is 3.81. The van der Waals surface area contributed by atoms with E-state index in [0.29, 0.717) is 39.0 Å². The molecule has 0 aliphatic carbocycles. The number of hydrogen-bond acceptors (Lipinski definition) is 4. The predicted octanol–water partition coefficient (Wildman–Crippen LogP) is 0.354. The molecule has 0 unspecified atom stereocenters. The summed E-state index contributed by atoms with van der Waals surface area (Å²) >= 11 is 0. The predicted molar refractivity (Wildman–Crippen MR) is 76.7 cm³/mol. The van der Waals surface area contributed by atoms with Crippen molar-refractivity contribution in [2.75, 3.05) is 32.4 Å². The zero-order chi connectivity index (χ0) is 14.5. The molecule has 0 saturated carbocycles. The SMILES string of the molecule is C=CCN(CC=C)C(=O)C1(S(C)(=O)=O)CCNCC1. The van der Waals surface area contributed by atoms with Crippen molar-refractivity contribution in [2.45, 2.75) is 17.6 Å². The number of sulfone groups is 1. The second-order valence-electron chi connectivity index (χ2n) is 4.80. The van der Waals surface area contributed by atoms with Crippen molar-refractivity contribution in [2.24, 2.45) is 0 Å². The van der Waals surface area contributed by atoms with E-state index in [9.17, 15) is 13.2 Å². The summed E-state index contributed by atoms with van der Waals surface area (Å²) in [4.78, 5) is 14.2. The fourth-order valence-electron chi connectivity index (χ4n) is 2.41. The number of amides is 1. The molecule has 0 bridgehead atoms. The Morgan fingerprint density at radius 3 is 2.11 bits per heavy atom. The van der Waals surface area contributed by atoms with Crippen LogP contribution in [0, 0.1) is 0 Å². The highest BCUT2D eigenvalue weighted by molar-refractivity contribution is 7.92. The summed E-state index contributed by atoms with van der Waals surface area (Å²) in [5.41, 5.74) is 0. The molecule has 1 N–H and O–H groups in total. The Bertz CT molecular complexity index is 441. The monoisotopic (exact) mass is 286 g/mol. The lowest BCUT2D eigenvalue weighted by atomic mass is 9.95. The molecular weight excluding hydrogens is 264 g/mol. The summed E-state index contributed by atoms with van der Waals surface area (Å²) in [5.74, 6) is -0.337. The first-order chi connectivity index (χ1) is 8.89. The van der Waals surface area contributed by atoms with Gasteiger partial charge in [-0.1, -0.05) is 12.2 Å². The van der Waals surface area contributed by atoms with Crippen LogP contribution in [0.4, 0.5) is 0 Å². The number of rotatable bonds is 6. The molecule has 0 radical (unpaired) electrons. The van der Waals surface area contributed by atoms with E-state index in [0.717, 1.165) is 6.26 Å². The normalized spacial score (nSPS) is 18.6. The van der Waals surface area contributed by atoms with E-state index in [1.165, 1.54) is 4.90 Å². The Labute approximate surface area is 115 Å². The lowest BCUT2D eigenvalue weighted by Gasteiger charge is -2.38. The van der Waals surface area contributed by atoms with Gasteiger partial charge in [0.2, 0.25) is 5.91 Å². The Morgan fingerprint density at radius 2 is 1.74 bits per heavy atom. The van der Waals surface area contributed by atoms with E-state index in [1.807, 2.05) is 0 Å². The zero-order valence-electron chi connectivity index (χ0n) is 11.4. The fraction of sp³-hybridized carbons (Fsp3) is 0.615. The third-order valence-corrected chi connectivity index (χ3v) is 5.50. The van der Waals surface area contributed by atoms with E-state index >= 15 is 0 Å². The lowest BCUT2D eigenvalue weighted by molar-refractivity contribution is -0.133. The van der Waals surface area contributed by atoms with Gasteiger partial charge in [0, 0.05) is 19.3 Å². The number of piperidine rings is 1. The number of carbonyl (C=O) groups is 1. The summed E-state index contributed by atoms with van der Waals surface area (Å²) in [6, 6.07) is 0. The van der Waals surface area contributed by atoms with Crippen molar-refractivity contribution in [3.63, 3.8) is 0 Å². The molecule has 0 aromatic rings. The van der Waals surface area contributed by atoms with Gasteiger partial charge in [0.25, 0.3) is 0 Å².